The second-order valence-electron chi connectivity index (χ2n) is 12.4. The smallest absolute Gasteiger partial charge is 0.255 e. The summed E-state index contributed by atoms with van der Waals surface area (Å²) in [6.07, 6.45) is 4.16. The molecular weight excluding hydrogens is 570 g/mol. The number of benzene rings is 3. The molecule has 4 aromatic rings. The van der Waals surface area contributed by atoms with Gasteiger partial charge in [-0.25, -0.2) is 0 Å². The summed E-state index contributed by atoms with van der Waals surface area (Å²) >= 11 is 0. The van der Waals surface area contributed by atoms with Gasteiger partial charge in [0.15, 0.2) is 8.32 Å². The zero-order valence-corrected chi connectivity index (χ0v) is 26.6. The summed E-state index contributed by atoms with van der Waals surface area (Å²) in [5.74, 6) is -0.191. The number of anilines is 2. The van der Waals surface area contributed by atoms with E-state index in [4.69, 9.17) is 10.5 Å². The lowest BCUT2D eigenvalue weighted by Crippen LogP contribution is -2.40. The van der Waals surface area contributed by atoms with Gasteiger partial charge in [0.05, 0.1) is 30.4 Å². The summed E-state index contributed by atoms with van der Waals surface area (Å²) < 4.78 is 8.47. The first-order chi connectivity index (χ1) is 21.1. The third-order valence-corrected chi connectivity index (χ3v) is 11.3. The Balaban J connectivity index is 1.20. The molecule has 2 heterocycles. The summed E-state index contributed by atoms with van der Waals surface area (Å²) in [5.41, 5.74) is 10.6. The van der Waals surface area contributed by atoms with Crippen LogP contribution in [0, 0.1) is 5.92 Å². The van der Waals surface area contributed by atoms with Crippen molar-refractivity contribution in [1.82, 2.24) is 15.0 Å². The van der Waals surface area contributed by atoms with Crippen LogP contribution in [-0.2, 0) is 17.7 Å². The van der Waals surface area contributed by atoms with Crippen molar-refractivity contribution in [3.05, 3.63) is 107 Å². The molecule has 1 amide bonds. The number of nitrogens with one attached hydrogen (secondary N) is 1. The van der Waals surface area contributed by atoms with E-state index < -0.39 is 8.32 Å². The Kier molecular flexibility index (Phi) is 9.95. The summed E-state index contributed by atoms with van der Waals surface area (Å²) in [6, 6.07) is 24.6. The van der Waals surface area contributed by atoms with Gasteiger partial charge in [-0.3, -0.25) is 9.48 Å². The molecule has 232 valence electrons. The molecule has 5 N–H and O–H groups in total. The van der Waals surface area contributed by atoms with Gasteiger partial charge < -0.3 is 25.7 Å². The molecule has 1 aliphatic heterocycles. The van der Waals surface area contributed by atoms with Crippen LogP contribution in [-0.4, -0.2) is 57.9 Å². The number of carbonyl (C=O) groups excluding carboxylic acids is 1. The van der Waals surface area contributed by atoms with E-state index in [0.717, 1.165) is 35.3 Å². The SMILES string of the molecule is C[C@H]1[C@H]([Si](C)(C)O)[C@@H](CCn2cc(C(CO)c3ccccc3)nn2)O[C@H]1CCc1cccc(NC(=O)c2ccc(N)cc2)c1. The number of hydrogen-bond acceptors (Lipinski definition) is 7. The molecular formula is C34H43N5O4Si. The Hall–Kier alpha value is -3.83. The second-order valence-corrected chi connectivity index (χ2v) is 16.4. The maximum absolute atomic E-state index is 12.7. The fourth-order valence-corrected chi connectivity index (χ4v) is 9.18. The van der Waals surface area contributed by atoms with Crippen molar-refractivity contribution in [2.45, 2.75) is 69.5 Å². The quantitative estimate of drug-likeness (QED) is 0.127. The minimum atomic E-state index is -2.52. The minimum Gasteiger partial charge on any atom is -0.432 e. The van der Waals surface area contributed by atoms with Crippen molar-refractivity contribution >= 4 is 25.6 Å². The highest BCUT2D eigenvalue weighted by Crippen LogP contribution is 2.45. The molecule has 1 unspecified atom stereocenters. The van der Waals surface area contributed by atoms with Gasteiger partial charge in [-0.2, -0.15) is 0 Å². The van der Waals surface area contributed by atoms with E-state index in [1.165, 1.54) is 0 Å². The monoisotopic (exact) mass is 613 g/mol. The van der Waals surface area contributed by atoms with Crippen molar-refractivity contribution in [1.29, 1.82) is 0 Å². The first kappa shape index (κ1) is 31.6. The van der Waals surface area contributed by atoms with Gasteiger partial charge in [-0.05, 0) is 85.8 Å². The van der Waals surface area contributed by atoms with E-state index in [1.54, 1.807) is 24.3 Å². The number of nitrogen functional groups attached to an aromatic ring is 1. The maximum atomic E-state index is 12.7. The van der Waals surface area contributed by atoms with E-state index in [-0.39, 0.29) is 42.1 Å². The van der Waals surface area contributed by atoms with Crippen LogP contribution in [0.4, 0.5) is 11.4 Å². The summed E-state index contributed by atoms with van der Waals surface area (Å²) in [4.78, 5) is 24.0. The van der Waals surface area contributed by atoms with Crippen LogP contribution in [0.2, 0.25) is 18.6 Å². The predicted octanol–water partition coefficient (Wildman–Crippen LogP) is 5.23. The number of aryl methyl sites for hydroxylation is 2. The summed E-state index contributed by atoms with van der Waals surface area (Å²) in [7, 11) is -2.52. The number of aliphatic hydroxyl groups excluding tert-OH is 1. The van der Waals surface area contributed by atoms with Crippen LogP contribution in [0.3, 0.4) is 0 Å². The number of carbonyl (C=O) groups is 1. The highest BCUT2D eigenvalue weighted by atomic mass is 28.4. The number of nitrogens with zero attached hydrogens (tertiary/aromatic N) is 3. The van der Waals surface area contributed by atoms with Crippen LogP contribution >= 0.6 is 0 Å². The molecule has 0 radical (unpaired) electrons. The number of nitrogens with two attached hydrogens (primary N) is 1. The largest absolute Gasteiger partial charge is 0.432 e. The number of rotatable bonds is 12. The number of aliphatic hydroxyl groups is 1. The highest BCUT2D eigenvalue weighted by Gasteiger charge is 2.49. The molecule has 1 saturated heterocycles. The first-order valence-corrected chi connectivity index (χ1v) is 18.3. The Morgan fingerprint density at radius 2 is 1.80 bits per heavy atom. The van der Waals surface area contributed by atoms with Crippen LogP contribution < -0.4 is 11.1 Å². The van der Waals surface area contributed by atoms with Crippen molar-refractivity contribution in [3.63, 3.8) is 0 Å². The van der Waals surface area contributed by atoms with E-state index in [0.29, 0.717) is 24.2 Å². The zero-order valence-electron chi connectivity index (χ0n) is 25.6. The molecule has 1 aromatic heterocycles. The maximum Gasteiger partial charge on any atom is 0.255 e. The van der Waals surface area contributed by atoms with E-state index >= 15 is 0 Å². The van der Waals surface area contributed by atoms with Crippen molar-refractivity contribution in [2.24, 2.45) is 5.92 Å². The fraction of sp³-hybridized carbons (Fsp3) is 0.382. The van der Waals surface area contributed by atoms with Gasteiger partial charge in [0.2, 0.25) is 0 Å². The van der Waals surface area contributed by atoms with E-state index in [1.807, 2.05) is 72.5 Å². The molecule has 0 spiro atoms. The Morgan fingerprint density at radius 1 is 1.05 bits per heavy atom. The standard InChI is InChI=1S/C34H43N5O4Si/c1-23-31(17-12-24-8-7-11-28(20-24)36-34(41)26-13-15-27(35)16-14-26)43-32(33(23)44(2,3)42)18-19-39-21-30(37-38-39)29(22-40)25-9-5-4-6-10-25/h4-11,13-16,20-21,23,29,31-33,40,42H,12,17-19,22,35H2,1-3H3,(H,36,41)/t23-,29?,31+,32-,33+/m1/s1. The molecule has 0 saturated carbocycles. The lowest BCUT2D eigenvalue weighted by molar-refractivity contribution is 0.0245. The van der Waals surface area contributed by atoms with Crippen molar-refractivity contribution < 1.29 is 19.4 Å². The van der Waals surface area contributed by atoms with Gasteiger partial charge >= 0.3 is 0 Å². The van der Waals surface area contributed by atoms with Crippen LogP contribution in [0.5, 0.6) is 0 Å². The Bertz CT molecular complexity index is 1520. The van der Waals surface area contributed by atoms with Crippen LogP contribution in [0.25, 0.3) is 0 Å². The molecule has 44 heavy (non-hydrogen) atoms. The molecule has 3 aromatic carbocycles. The van der Waals surface area contributed by atoms with Crippen LogP contribution in [0.15, 0.2) is 85.1 Å². The topological polar surface area (TPSA) is 136 Å². The minimum absolute atomic E-state index is 0.0140. The highest BCUT2D eigenvalue weighted by molar-refractivity contribution is 6.71. The van der Waals surface area contributed by atoms with Crippen molar-refractivity contribution in [3.8, 4) is 0 Å². The third kappa shape index (κ3) is 7.62. The number of aromatic nitrogens is 3. The summed E-state index contributed by atoms with van der Waals surface area (Å²) in [6.45, 7) is 6.76. The third-order valence-electron chi connectivity index (χ3n) is 8.73. The second kappa shape index (κ2) is 13.9. The molecule has 5 atom stereocenters. The van der Waals surface area contributed by atoms with Gasteiger partial charge in [0, 0.05) is 35.2 Å². The lowest BCUT2D eigenvalue weighted by Gasteiger charge is -2.30. The number of hydrogen-bond donors (Lipinski definition) is 4. The first-order valence-electron chi connectivity index (χ1n) is 15.3. The predicted molar refractivity (Wildman–Crippen MR) is 175 cm³/mol. The summed E-state index contributed by atoms with van der Waals surface area (Å²) in [5, 5.41) is 21.7. The Morgan fingerprint density at radius 3 is 2.50 bits per heavy atom. The van der Waals surface area contributed by atoms with E-state index in [9.17, 15) is 14.7 Å². The number of ether oxygens (including phenoxy) is 1. The molecule has 9 nitrogen and oxygen atoms in total. The van der Waals surface area contributed by atoms with E-state index in [2.05, 4.69) is 28.6 Å². The zero-order chi connectivity index (χ0) is 31.3. The molecule has 1 fully saturated rings. The molecule has 0 aliphatic carbocycles. The molecule has 0 bridgehead atoms. The average Bonchev–Trinajstić information content (AvgIpc) is 3.60. The normalized spacial score (nSPS) is 20.8. The fourth-order valence-electron chi connectivity index (χ4n) is 6.53. The molecule has 10 heteroatoms. The van der Waals surface area contributed by atoms with Gasteiger partial charge in [-0.15, -0.1) is 5.10 Å². The van der Waals surface area contributed by atoms with Crippen LogP contribution in [0.1, 0.15) is 52.9 Å². The molecule has 5 rings (SSSR count). The average molecular weight is 614 g/mol. The Labute approximate surface area is 260 Å². The van der Waals surface area contributed by atoms with Gasteiger partial charge in [0.1, 0.15) is 0 Å². The molecule has 1 aliphatic rings. The van der Waals surface area contributed by atoms with Crippen molar-refractivity contribution in [2.75, 3.05) is 17.7 Å². The lowest BCUT2D eigenvalue weighted by atomic mass is 9.95. The van der Waals surface area contributed by atoms with Gasteiger partial charge in [-0.1, -0.05) is 54.6 Å². The van der Waals surface area contributed by atoms with Gasteiger partial charge in [0.25, 0.3) is 5.91 Å². The number of amides is 1.